The first kappa shape index (κ1) is 28.2. The van der Waals surface area contributed by atoms with E-state index in [-0.39, 0.29) is 35.5 Å². The molecule has 2 heterocycles. The van der Waals surface area contributed by atoms with Gasteiger partial charge in [0.05, 0.1) is 6.20 Å². The Morgan fingerprint density at radius 1 is 1.08 bits per heavy atom. The first-order valence-electron chi connectivity index (χ1n) is 12.8. The average molecular weight is 595 g/mol. The summed E-state index contributed by atoms with van der Waals surface area (Å²) >= 11 is 3.25. The van der Waals surface area contributed by atoms with Gasteiger partial charge in [-0.25, -0.2) is 14.8 Å². The lowest BCUT2D eigenvalue weighted by Crippen LogP contribution is -2.46. The van der Waals surface area contributed by atoms with Gasteiger partial charge in [-0.1, -0.05) is 30.3 Å². The second-order valence-corrected chi connectivity index (χ2v) is 11.3. The Morgan fingerprint density at radius 3 is 2.44 bits per heavy atom. The van der Waals surface area contributed by atoms with Crippen LogP contribution in [0.1, 0.15) is 65.6 Å². The zero-order chi connectivity index (χ0) is 28.2. The van der Waals surface area contributed by atoms with Crippen molar-refractivity contribution in [2.45, 2.75) is 51.7 Å². The average Bonchev–Trinajstić information content (AvgIpc) is 2.89. The molecule has 4 rings (SSSR count). The molecule has 204 valence electrons. The lowest BCUT2D eigenvalue weighted by atomic mass is 9.95. The monoisotopic (exact) mass is 593 g/mol. The van der Waals surface area contributed by atoms with Crippen molar-refractivity contribution in [3.05, 3.63) is 81.7 Å². The Bertz CT molecular complexity index is 1370. The summed E-state index contributed by atoms with van der Waals surface area (Å²) in [5.74, 6) is -0.374. The van der Waals surface area contributed by atoms with Gasteiger partial charge < -0.3 is 20.7 Å². The van der Waals surface area contributed by atoms with Crippen molar-refractivity contribution in [1.82, 2.24) is 15.3 Å². The number of nitrogens with zero attached hydrogens (tertiary/aromatic N) is 3. The SMILES string of the molecule is CC(C)(C)OC(=O)NC1CCN(c2ccc(C(=O)c3ccccc3)cc2CC(=O)c2nc(Br)cnc2N)CC1. The van der Waals surface area contributed by atoms with Crippen LogP contribution >= 0.6 is 15.9 Å². The lowest BCUT2D eigenvalue weighted by Gasteiger charge is -2.35. The Balaban J connectivity index is 1.57. The number of nitrogens with one attached hydrogen (secondary N) is 1. The van der Waals surface area contributed by atoms with Gasteiger partial charge in [0.25, 0.3) is 0 Å². The number of hydrogen-bond acceptors (Lipinski definition) is 8. The number of ether oxygens (including phenoxy) is 1. The van der Waals surface area contributed by atoms with Crippen LogP contribution in [-0.4, -0.2) is 52.4 Å². The highest BCUT2D eigenvalue weighted by Crippen LogP contribution is 2.28. The van der Waals surface area contributed by atoms with E-state index in [0.29, 0.717) is 47.2 Å². The van der Waals surface area contributed by atoms with Crippen LogP contribution in [0.25, 0.3) is 0 Å². The molecule has 3 N–H and O–H groups in total. The Kier molecular flexibility index (Phi) is 8.64. The van der Waals surface area contributed by atoms with Crippen molar-refractivity contribution in [3.63, 3.8) is 0 Å². The van der Waals surface area contributed by atoms with Gasteiger partial charge in [0.1, 0.15) is 15.9 Å². The summed E-state index contributed by atoms with van der Waals surface area (Å²) < 4.78 is 5.80. The molecule has 0 saturated carbocycles. The van der Waals surface area contributed by atoms with Crippen LogP contribution in [0, 0.1) is 0 Å². The minimum absolute atomic E-state index is 0.00331. The number of nitrogens with two attached hydrogens (primary N) is 1. The normalized spacial score (nSPS) is 14.1. The first-order valence-corrected chi connectivity index (χ1v) is 13.6. The van der Waals surface area contributed by atoms with Crippen LogP contribution in [0.4, 0.5) is 16.3 Å². The van der Waals surface area contributed by atoms with Gasteiger partial charge in [0, 0.05) is 42.4 Å². The van der Waals surface area contributed by atoms with Gasteiger partial charge >= 0.3 is 6.09 Å². The number of amides is 1. The van der Waals surface area contributed by atoms with E-state index in [4.69, 9.17) is 10.5 Å². The van der Waals surface area contributed by atoms with Crippen molar-refractivity contribution >= 4 is 45.1 Å². The van der Waals surface area contributed by atoms with Gasteiger partial charge in [-0.15, -0.1) is 0 Å². The number of anilines is 2. The Hall–Kier alpha value is -3.79. The maximum atomic E-state index is 13.3. The van der Waals surface area contributed by atoms with Crippen molar-refractivity contribution in [2.24, 2.45) is 0 Å². The fraction of sp³-hybridized carbons (Fsp3) is 0.345. The number of alkyl carbamates (subject to hydrolysis) is 1. The molecule has 0 unspecified atom stereocenters. The summed E-state index contributed by atoms with van der Waals surface area (Å²) in [5.41, 5.74) is 8.07. The van der Waals surface area contributed by atoms with Crippen LogP contribution in [0.15, 0.2) is 59.3 Å². The van der Waals surface area contributed by atoms with E-state index in [1.54, 1.807) is 24.3 Å². The molecule has 39 heavy (non-hydrogen) atoms. The number of Topliss-reactive ketones (excluding diaryl/α,β-unsaturated/α-hetero) is 1. The molecular weight excluding hydrogens is 562 g/mol. The van der Waals surface area contributed by atoms with Gasteiger partial charge in [0.2, 0.25) is 0 Å². The molecule has 3 aromatic rings. The number of carbonyl (C=O) groups excluding carboxylic acids is 3. The van der Waals surface area contributed by atoms with Gasteiger partial charge in [-0.05, 0) is 73.3 Å². The molecule has 1 fully saturated rings. The highest BCUT2D eigenvalue weighted by molar-refractivity contribution is 9.10. The highest BCUT2D eigenvalue weighted by atomic mass is 79.9. The van der Waals surface area contributed by atoms with E-state index in [1.807, 2.05) is 45.0 Å². The molecule has 1 amide bonds. The van der Waals surface area contributed by atoms with Crippen LogP contribution in [0.5, 0.6) is 0 Å². The van der Waals surface area contributed by atoms with Crippen molar-refractivity contribution in [2.75, 3.05) is 23.7 Å². The van der Waals surface area contributed by atoms with Gasteiger partial charge in [0.15, 0.2) is 17.4 Å². The van der Waals surface area contributed by atoms with E-state index >= 15 is 0 Å². The van der Waals surface area contributed by atoms with Crippen molar-refractivity contribution in [1.29, 1.82) is 0 Å². The number of nitrogen functional groups attached to an aromatic ring is 1. The molecule has 1 aliphatic rings. The summed E-state index contributed by atoms with van der Waals surface area (Å²) in [5, 5.41) is 2.95. The predicted molar refractivity (Wildman–Crippen MR) is 153 cm³/mol. The molecule has 0 spiro atoms. The zero-order valence-electron chi connectivity index (χ0n) is 22.2. The van der Waals surface area contributed by atoms with Gasteiger partial charge in [-0.3, -0.25) is 9.59 Å². The van der Waals surface area contributed by atoms with E-state index in [0.717, 1.165) is 5.69 Å². The number of ketones is 2. The number of hydrogen-bond donors (Lipinski definition) is 2. The molecule has 0 aliphatic carbocycles. The van der Waals surface area contributed by atoms with E-state index < -0.39 is 11.7 Å². The minimum Gasteiger partial charge on any atom is -0.444 e. The molecule has 1 aromatic heterocycles. The maximum absolute atomic E-state index is 13.3. The first-order chi connectivity index (χ1) is 18.5. The van der Waals surface area contributed by atoms with Gasteiger partial charge in [-0.2, -0.15) is 0 Å². The van der Waals surface area contributed by atoms with Crippen molar-refractivity contribution in [3.8, 4) is 0 Å². The smallest absolute Gasteiger partial charge is 0.407 e. The highest BCUT2D eigenvalue weighted by Gasteiger charge is 2.26. The van der Waals surface area contributed by atoms with Crippen molar-refractivity contribution < 1.29 is 19.1 Å². The number of piperidine rings is 1. The molecule has 2 aromatic carbocycles. The zero-order valence-corrected chi connectivity index (χ0v) is 23.8. The summed E-state index contributed by atoms with van der Waals surface area (Å²) in [4.78, 5) is 49.1. The summed E-state index contributed by atoms with van der Waals surface area (Å²) in [7, 11) is 0. The second kappa shape index (κ2) is 11.9. The maximum Gasteiger partial charge on any atom is 0.407 e. The molecule has 10 heteroatoms. The molecule has 0 radical (unpaired) electrons. The van der Waals surface area contributed by atoms with Crippen LogP contribution in [-0.2, 0) is 11.2 Å². The lowest BCUT2D eigenvalue weighted by molar-refractivity contribution is 0.0497. The summed E-state index contributed by atoms with van der Waals surface area (Å²) in [6.45, 7) is 6.81. The second-order valence-electron chi connectivity index (χ2n) is 10.5. The largest absolute Gasteiger partial charge is 0.444 e. The Labute approximate surface area is 236 Å². The number of rotatable bonds is 7. The van der Waals surface area contributed by atoms with Crippen LogP contribution in [0.3, 0.4) is 0 Å². The van der Waals surface area contributed by atoms with Crippen LogP contribution < -0.4 is 16.0 Å². The number of carbonyl (C=O) groups is 3. The topological polar surface area (TPSA) is 128 Å². The van der Waals surface area contributed by atoms with E-state index in [9.17, 15) is 14.4 Å². The predicted octanol–water partition coefficient (Wildman–Crippen LogP) is 4.97. The van der Waals surface area contributed by atoms with E-state index in [1.165, 1.54) is 6.20 Å². The van der Waals surface area contributed by atoms with E-state index in [2.05, 4.69) is 36.1 Å². The molecule has 9 nitrogen and oxygen atoms in total. The third-order valence-electron chi connectivity index (χ3n) is 6.32. The molecule has 0 bridgehead atoms. The Morgan fingerprint density at radius 2 is 1.77 bits per heavy atom. The number of aromatic nitrogens is 2. The summed E-state index contributed by atoms with van der Waals surface area (Å²) in [6, 6.07) is 14.4. The molecular formula is C29H32BrN5O4. The molecule has 1 aliphatic heterocycles. The molecule has 1 saturated heterocycles. The minimum atomic E-state index is -0.562. The van der Waals surface area contributed by atoms with Crippen LogP contribution in [0.2, 0.25) is 0 Å². The third-order valence-corrected chi connectivity index (χ3v) is 6.70. The quantitative estimate of drug-likeness (QED) is 0.367. The number of benzene rings is 2. The fourth-order valence-electron chi connectivity index (χ4n) is 4.51. The number of halogens is 1. The third kappa shape index (κ3) is 7.41. The summed E-state index contributed by atoms with van der Waals surface area (Å²) in [6.07, 6.45) is 2.43. The standard InChI is InChI=1S/C29H32BrN5O4/c1-29(2,3)39-28(38)33-21-11-13-35(14-12-21)22-10-9-19(26(37)18-7-5-4-6-8-18)15-20(22)16-23(36)25-27(31)32-17-24(30)34-25/h4-10,15,17,21H,11-14,16H2,1-3H3,(H2,31,32)(H,33,38). The molecule has 0 atom stereocenters. The fourth-order valence-corrected chi connectivity index (χ4v) is 4.79.